The molecule has 0 bridgehead atoms. The van der Waals surface area contributed by atoms with Crippen LogP contribution in [0.4, 0.5) is 0 Å². The Morgan fingerprint density at radius 1 is 1.42 bits per heavy atom. The Morgan fingerprint density at radius 2 is 2.26 bits per heavy atom. The van der Waals surface area contributed by atoms with Gasteiger partial charge in [0, 0.05) is 28.2 Å². The lowest BCUT2D eigenvalue weighted by molar-refractivity contribution is 0.516. The zero-order valence-corrected chi connectivity index (χ0v) is 13.6. The Kier molecular flexibility index (Phi) is 5.48. The SMILES string of the molecule is CCCNC(Cc1nc(C)cs1)c1ccc(Br)cn1. The summed E-state index contributed by atoms with van der Waals surface area (Å²) in [6.07, 6.45) is 3.86. The standard InChI is InChI=1S/C14H18BrN3S/c1-3-6-16-13(7-14-18-10(2)9-19-14)12-5-4-11(15)8-17-12/h4-5,8-9,13,16H,3,6-7H2,1-2H3. The molecule has 19 heavy (non-hydrogen) atoms. The van der Waals surface area contributed by atoms with E-state index in [0.29, 0.717) is 0 Å². The fourth-order valence-corrected chi connectivity index (χ4v) is 2.92. The maximum absolute atomic E-state index is 4.54. The first kappa shape index (κ1) is 14.6. The third-order valence-corrected chi connectivity index (χ3v) is 4.25. The molecule has 0 aliphatic rings. The number of thiazole rings is 1. The number of aromatic nitrogens is 2. The number of hydrogen-bond donors (Lipinski definition) is 1. The number of nitrogens with one attached hydrogen (secondary N) is 1. The molecule has 0 amide bonds. The highest BCUT2D eigenvalue weighted by atomic mass is 79.9. The van der Waals surface area contributed by atoms with Crippen LogP contribution in [0.2, 0.25) is 0 Å². The molecule has 1 atom stereocenters. The van der Waals surface area contributed by atoms with E-state index in [2.05, 4.69) is 49.6 Å². The molecule has 2 rings (SSSR count). The smallest absolute Gasteiger partial charge is 0.0947 e. The third-order valence-electron chi connectivity index (χ3n) is 2.79. The van der Waals surface area contributed by atoms with E-state index in [1.165, 1.54) is 0 Å². The quantitative estimate of drug-likeness (QED) is 0.867. The summed E-state index contributed by atoms with van der Waals surface area (Å²) in [5.74, 6) is 0. The number of pyridine rings is 1. The third kappa shape index (κ3) is 4.37. The van der Waals surface area contributed by atoms with Gasteiger partial charge < -0.3 is 5.32 Å². The second kappa shape index (κ2) is 7.12. The van der Waals surface area contributed by atoms with Gasteiger partial charge in [0.15, 0.2) is 0 Å². The fraction of sp³-hybridized carbons (Fsp3) is 0.429. The monoisotopic (exact) mass is 339 g/mol. The summed E-state index contributed by atoms with van der Waals surface area (Å²) in [7, 11) is 0. The van der Waals surface area contributed by atoms with Crippen LogP contribution in [0.15, 0.2) is 28.2 Å². The zero-order chi connectivity index (χ0) is 13.7. The van der Waals surface area contributed by atoms with E-state index in [1.54, 1.807) is 11.3 Å². The molecule has 102 valence electrons. The lowest BCUT2D eigenvalue weighted by atomic mass is 10.1. The minimum Gasteiger partial charge on any atom is -0.308 e. The van der Waals surface area contributed by atoms with Crippen LogP contribution in [-0.4, -0.2) is 16.5 Å². The number of halogens is 1. The van der Waals surface area contributed by atoms with E-state index in [4.69, 9.17) is 0 Å². The van der Waals surface area contributed by atoms with Crippen molar-refractivity contribution in [3.63, 3.8) is 0 Å². The molecule has 1 unspecified atom stereocenters. The second-order valence-electron chi connectivity index (χ2n) is 4.49. The van der Waals surface area contributed by atoms with Crippen LogP contribution in [0, 0.1) is 6.92 Å². The molecule has 5 heteroatoms. The van der Waals surface area contributed by atoms with Crippen molar-refractivity contribution in [3.05, 3.63) is 44.6 Å². The molecule has 3 nitrogen and oxygen atoms in total. The van der Waals surface area contributed by atoms with Crippen molar-refractivity contribution >= 4 is 27.3 Å². The molecule has 0 spiro atoms. The van der Waals surface area contributed by atoms with Crippen LogP contribution < -0.4 is 5.32 Å². The summed E-state index contributed by atoms with van der Waals surface area (Å²) in [5, 5.41) is 6.81. The minimum atomic E-state index is 0.235. The van der Waals surface area contributed by atoms with E-state index in [1.807, 2.05) is 19.2 Å². The van der Waals surface area contributed by atoms with Crippen molar-refractivity contribution in [2.24, 2.45) is 0 Å². The molecule has 0 aliphatic carbocycles. The lowest BCUT2D eigenvalue weighted by Crippen LogP contribution is -2.24. The predicted molar refractivity (Wildman–Crippen MR) is 83.5 cm³/mol. The predicted octanol–water partition coefficient (Wildman–Crippen LogP) is 3.89. The molecule has 0 fully saturated rings. The maximum atomic E-state index is 4.54. The molecular formula is C14H18BrN3S. The van der Waals surface area contributed by atoms with Crippen molar-refractivity contribution < 1.29 is 0 Å². The second-order valence-corrected chi connectivity index (χ2v) is 6.35. The van der Waals surface area contributed by atoms with Crippen LogP contribution in [0.3, 0.4) is 0 Å². The van der Waals surface area contributed by atoms with Gasteiger partial charge >= 0.3 is 0 Å². The number of aryl methyl sites for hydroxylation is 1. The summed E-state index contributed by atoms with van der Waals surface area (Å²) < 4.78 is 1.01. The minimum absolute atomic E-state index is 0.235. The van der Waals surface area contributed by atoms with Gasteiger partial charge in [0.25, 0.3) is 0 Å². The van der Waals surface area contributed by atoms with Gasteiger partial charge in [-0.15, -0.1) is 11.3 Å². The molecule has 2 heterocycles. The molecule has 1 N–H and O–H groups in total. The van der Waals surface area contributed by atoms with E-state index in [9.17, 15) is 0 Å². The first-order chi connectivity index (χ1) is 9.19. The van der Waals surface area contributed by atoms with Crippen molar-refractivity contribution in [1.82, 2.24) is 15.3 Å². The summed E-state index contributed by atoms with van der Waals surface area (Å²) in [6.45, 7) is 5.20. The Balaban J connectivity index is 2.13. The van der Waals surface area contributed by atoms with Crippen LogP contribution in [0.5, 0.6) is 0 Å². The summed E-state index contributed by atoms with van der Waals surface area (Å²) in [4.78, 5) is 9.05. The molecule has 2 aromatic rings. The topological polar surface area (TPSA) is 37.8 Å². The zero-order valence-electron chi connectivity index (χ0n) is 11.2. The maximum Gasteiger partial charge on any atom is 0.0947 e. The van der Waals surface area contributed by atoms with Crippen molar-refractivity contribution in [1.29, 1.82) is 0 Å². The number of rotatable bonds is 6. The first-order valence-electron chi connectivity index (χ1n) is 6.45. The van der Waals surface area contributed by atoms with E-state index in [-0.39, 0.29) is 6.04 Å². The van der Waals surface area contributed by atoms with Gasteiger partial charge in [-0.1, -0.05) is 6.92 Å². The molecule has 2 aromatic heterocycles. The van der Waals surface area contributed by atoms with E-state index >= 15 is 0 Å². The van der Waals surface area contributed by atoms with Gasteiger partial charge in [0.2, 0.25) is 0 Å². The van der Waals surface area contributed by atoms with Crippen LogP contribution in [0.1, 0.15) is 35.8 Å². The molecular weight excluding hydrogens is 322 g/mol. The Hall–Kier alpha value is -0.780. The molecule has 0 aromatic carbocycles. The van der Waals surface area contributed by atoms with Gasteiger partial charge in [0.1, 0.15) is 0 Å². The summed E-state index contributed by atoms with van der Waals surface area (Å²) in [5.41, 5.74) is 2.17. The Bertz CT molecular complexity index is 510. The number of nitrogens with zero attached hydrogens (tertiary/aromatic N) is 2. The molecule has 0 aliphatic heterocycles. The Labute approximate surface area is 126 Å². The van der Waals surface area contributed by atoms with Crippen LogP contribution in [-0.2, 0) is 6.42 Å². The highest BCUT2D eigenvalue weighted by Crippen LogP contribution is 2.20. The van der Waals surface area contributed by atoms with Gasteiger partial charge in [0.05, 0.1) is 16.7 Å². The van der Waals surface area contributed by atoms with Crippen LogP contribution >= 0.6 is 27.3 Å². The summed E-state index contributed by atoms with van der Waals surface area (Å²) >= 11 is 5.15. The van der Waals surface area contributed by atoms with Crippen molar-refractivity contribution in [3.8, 4) is 0 Å². The highest BCUT2D eigenvalue weighted by Gasteiger charge is 2.14. The van der Waals surface area contributed by atoms with E-state index < -0.39 is 0 Å². The first-order valence-corrected chi connectivity index (χ1v) is 8.12. The Morgan fingerprint density at radius 3 is 2.84 bits per heavy atom. The fourth-order valence-electron chi connectivity index (χ4n) is 1.86. The summed E-state index contributed by atoms with van der Waals surface area (Å²) in [6, 6.07) is 4.34. The van der Waals surface area contributed by atoms with Crippen LogP contribution in [0.25, 0.3) is 0 Å². The molecule has 0 saturated heterocycles. The average molecular weight is 340 g/mol. The number of hydrogen-bond acceptors (Lipinski definition) is 4. The van der Waals surface area contributed by atoms with Gasteiger partial charge in [-0.25, -0.2) is 4.98 Å². The van der Waals surface area contributed by atoms with Crippen molar-refractivity contribution in [2.75, 3.05) is 6.54 Å². The highest BCUT2D eigenvalue weighted by molar-refractivity contribution is 9.10. The normalized spacial score (nSPS) is 12.6. The van der Waals surface area contributed by atoms with Gasteiger partial charge in [-0.2, -0.15) is 0 Å². The molecule has 0 saturated carbocycles. The van der Waals surface area contributed by atoms with Crippen molar-refractivity contribution in [2.45, 2.75) is 32.7 Å². The van der Waals surface area contributed by atoms with E-state index in [0.717, 1.165) is 40.3 Å². The molecule has 0 radical (unpaired) electrons. The largest absolute Gasteiger partial charge is 0.308 e. The van der Waals surface area contributed by atoms with Gasteiger partial charge in [-0.05, 0) is 48.0 Å². The lowest BCUT2D eigenvalue weighted by Gasteiger charge is -2.16. The average Bonchev–Trinajstić information content (AvgIpc) is 2.81. The van der Waals surface area contributed by atoms with Gasteiger partial charge in [-0.3, -0.25) is 4.98 Å².